The molecule has 0 saturated heterocycles. The number of hydrogen-bond donors (Lipinski definition) is 0. The van der Waals surface area contributed by atoms with Crippen LogP contribution in [0.2, 0.25) is 0 Å². The van der Waals surface area contributed by atoms with E-state index < -0.39 is 11.7 Å². The first-order valence-electron chi connectivity index (χ1n) is 6.28. The van der Waals surface area contributed by atoms with Gasteiger partial charge in [0.25, 0.3) is 0 Å². The highest BCUT2D eigenvalue weighted by Gasteiger charge is 2.29. The fraction of sp³-hybridized carbons (Fsp3) is 0.188. The number of aryl methyl sites for hydroxylation is 2. The number of rotatable bonds is 2. The van der Waals surface area contributed by atoms with Gasteiger partial charge >= 0.3 is 6.18 Å². The zero-order valence-electron chi connectivity index (χ0n) is 11.6. The molecule has 0 radical (unpaired) electrons. The Morgan fingerprint density at radius 1 is 0.857 bits per heavy atom. The van der Waals surface area contributed by atoms with Gasteiger partial charge in [-0.25, -0.2) is 0 Å². The quantitative estimate of drug-likeness (QED) is 0.656. The maximum atomic E-state index is 12.4. The van der Waals surface area contributed by atoms with Gasteiger partial charge in [-0.15, -0.1) is 0 Å². The van der Waals surface area contributed by atoms with Crippen molar-refractivity contribution in [1.29, 1.82) is 0 Å². The summed E-state index contributed by atoms with van der Waals surface area (Å²) < 4.78 is 37.3. The Kier molecular flexibility index (Phi) is 4.24. The number of hydrogen-bond acceptors (Lipinski definition) is 2. The molecule has 0 aliphatic heterocycles. The molecule has 0 spiro atoms. The normalized spacial score (nSPS) is 10.9. The molecule has 5 heteroatoms. The number of alkyl halides is 3. The van der Waals surface area contributed by atoms with Crippen molar-refractivity contribution < 1.29 is 13.2 Å². The predicted molar refractivity (Wildman–Crippen MR) is 76.5 cm³/mol. The fourth-order valence-electron chi connectivity index (χ4n) is 1.84. The molecule has 0 fully saturated rings. The summed E-state index contributed by atoms with van der Waals surface area (Å²) in [5, 5.41) is 0. The molecule has 2 rings (SSSR count). The first-order chi connectivity index (χ1) is 9.88. The monoisotopic (exact) mass is 290 g/mol. The van der Waals surface area contributed by atoms with Crippen LogP contribution in [0.3, 0.4) is 0 Å². The molecular formula is C16H13F3N2. The topological polar surface area (TPSA) is 24.7 Å². The summed E-state index contributed by atoms with van der Waals surface area (Å²) >= 11 is 0. The van der Waals surface area contributed by atoms with Crippen molar-refractivity contribution in [2.45, 2.75) is 20.0 Å². The van der Waals surface area contributed by atoms with Crippen LogP contribution < -0.4 is 0 Å². The molecule has 0 unspecified atom stereocenters. The van der Waals surface area contributed by atoms with Crippen LogP contribution in [0, 0.1) is 13.8 Å². The van der Waals surface area contributed by atoms with Gasteiger partial charge in [0.2, 0.25) is 0 Å². The molecule has 108 valence electrons. The van der Waals surface area contributed by atoms with E-state index in [2.05, 4.69) is 16.0 Å². The van der Waals surface area contributed by atoms with Crippen molar-refractivity contribution in [2.24, 2.45) is 9.98 Å². The van der Waals surface area contributed by atoms with E-state index in [1.807, 2.05) is 32.0 Å². The summed E-state index contributed by atoms with van der Waals surface area (Å²) in [5.74, 6) is 0. The third kappa shape index (κ3) is 3.80. The molecule has 0 saturated carbocycles. The lowest BCUT2D eigenvalue weighted by Gasteiger charge is -2.05. The molecule has 0 atom stereocenters. The van der Waals surface area contributed by atoms with Gasteiger partial charge in [-0.2, -0.15) is 23.2 Å². The van der Waals surface area contributed by atoms with E-state index in [0.29, 0.717) is 5.69 Å². The number of nitrogens with zero attached hydrogens (tertiary/aromatic N) is 2. The van der Waals surface area contributed by atoms with Crippen LogP contribution >= 0.6 is 0 Å². The smallest absolute Gasteiger partial charge is 0.188 e. The Bertz CT molecular complexity index is 674. The Hall–Kier alpha value is -2.39. The van der Waals surface area contributed by atoms with Crippen LogP contribution in [0.4, 0.5) is 24.5 Å². The Morgan fingerprint density at radius 3 is 1.95 bits per heavy atom. The molecule has 0 aliphatic carbocycles. The van der Waals surface area contributed by atoms with E-state index in [0.717, 1.165) is 28.9 Å². The minimum absolute atomic E-state index is 0.373. The highest BCUT2D eigenvalue weighted by molar-refractivity contribution is 5.62. The fourth-order valence-corrected chi connectivity index (χ4v) is 1.84. The van der Waals surface area contributed by atoms with E-state index in [1.165, 1.54) is 12.1 Å². The Balaban J connectivity index is 2.23. The molecule has 2 aromatic carbocycles. The Labute approximate surface area is 120 Å². The number of benzene rings is 2. The van der Waals surface area contributed by atoms with Crippen molar-refractivity contribution >= 4 is 17.4 Å². The highest BCUT2D eigenvalue weighted by Crippen LogP contribution is 2.30. The van der Waals surface area contributed by atoms with Crippen LogP contribution in [0.1, 0.15) is 16.7 Å². The lowest BCUT2D eigenvalue weighted by atomic mass is 10.1. The van der Waals surface area contributed by atoms with E-state index in [4.69, 9.17) is 0 Å². The zero-order valence-corrected chi connectivity index (χ0v) is 11.6. The molecular weight excluding hydrogens is 277 g/mol. The average molecular weight is 290 g/mol. The second-order valence-electron chi connectivity index (χ2n) is 4.61. The molecule has 0 aromatic heterocycles. The van der Waals surface area contributed by atoms with Gasteiger partial charge in [0.15, 0.2) is 0 Å². The first-order valence-corrected chi connectivity index (χ1v) is 6.28. The van der Waals surface area contributed by atoms with Crippen LogP contribution in [-0.4, -0.2) is 6.01 Å². The van der Waals surface area contributed by atoms with Crippen LogP contribution in [0.25, 0.3) is 0 Å². The third-order valence-corrected chi connectivity index (χ3v) is 2.98. The van der Waals surface area contributed by atoms with Gasteiger partial charge < -0.3 is 0 Å². The largest absolute Gasteiger partial charge is 0.416 e. The summed E-state index contributed by atoms with van der Waals surface area (Å²) in [5.41, 5.74) is 2.43. The summed E-state index contributed by atoms with van der Waals surface area (Å²) in [4.78, 5) is 8.06. The van der Waals surface area contributed by atoms with Crippen molar-refractivity contribution in [3.63, 3.8) is 0 Å². The van der Waals surface area contributed by atoms with Gasteiger partial charge in [0.05, 0.1) is 16.9 Å². The van der Waals surface area contributed by atoms with E-state index >= 15 is 0 Å². The molecule has 21 heavy (non-hydrogen) atoms. The van der Waals surface area contributed by atoms with E-state index in [-0.39, 0.29) is 0 Å². The Morgan fingerprint density at radius 2 is 1.43 bits per heavy atom. The maximum absolute atomic E-state index is 12.4. The van der Waals surface area contributed by atoms with Gasteiger partial charge in [-0.3, -0.25) is 0 Å². The average Bonchev–Trinajstić information content (AvgIpc) is 2.42. The van der Waals surface area contributed by atoms with Gasteiger partial charge in [0, 0.05) is 0 Å². The van der Waals surface area contributed by atoms with Crippen LogP contribution in [0.15, 0.2) is 52.4 Å². The van der Waals surface area contributed by atoms with E-state index in [1.54, 1.807) is 0 Å². The SMILES string of the molecule is Cc1cccc(C)c1N=C=Nc1ccc(C(F)(F)F)cc1. The lowest BCUT2D eigenvalue weighted by Crippen LogP contribution is -2.03. The van der Waals surface area contributed by atoms with E-state index in [9.17, 15) is 13.2 Å². The minimum Gasteiger partial charge on any atom is -0.188 e. The van der Waals surface area contributed by atoms with Crippen molar-refractivity contribution in [1.82, 2.24) is 0 Å². The number of aliphatic imine (C=N–C) groups is 2. The number of para-hydroxylation sites is 1. The molecule has 0 N–H and O–H groups in total. The predicted octanol–water partition coefficient (Wildman–Crippen LogP) is 5.46. The summed E-state index contributed by atoms with van der Waals surface area (Å²) in [7, 11) is 0. The summed E-state index contributed by atoms with van der Waals surface area (Å²) in [6.45, 7) is 3.84. The molecule has 0 bridgehead atoms. The highest BCUT2D eigenvalue weighted by atomic mass is 19.4. The third-order valence-electron chi connectivity index (χ3n) is 2.98. The van der Waals surface area contributed by atoms with Gasteiger partial charge in [0.1, 0.15) is 6.01 Å². The molecule has 2 aromatic rings. The zero-order chi connectivity index (χ0) is 15.5. The molecule has 0 heterocycles. The summed E-state index contributed by atoms with van der Waals surface area (Å²) in [6, 6.07) is 12.8. The second-order valence-corrected chi connectivity index (χ2v) is 4.61. The van der Waals surface area contributed by atoms with Crippen molar-refractivity contribution in [3.8, 4) is 0 Å². The maximum Gasteiger partial charge on any atom is 0.416 e. The minimum atomic E-state index is -4.34. The van der Waals surface area contributed by atoms with Crippen molar-refractivity contribution in [2.75, 3.05) is 0 Å². The van der Waals surface area contributed by atoms with Gasteiger partial charge in [-0.05, 0) is 49.2 Å². The summed E-state index contributed by atoms with van der Waals surface area (Å²) in [6.07, 6.45) is -4.34. The molecule has 2 nitrogen and oxygen atoms in total. The number of halogens is 3. The van der Waals surface area contributed by atoms with Crippen molar-refractivity contribution in [3.05, 3.63) is 59.2 Å². The molecule has 0 amide bonds. The van der Waals surface area contributed by atoms with Crippen LogP contribution in [-0.2, 0) is 6.18 Å². The van der Waals surface area contributed by atoms with Crippen LogP contribution in [0.5, 0.6) is 0 Å². The van der Waals surface area contributed by atoms with Gasteiger partial charge in [-0.1, -0.05) is 18.2 Å². The molecule has 0 aliphatic rings. The second kappa shape index (κ2) is 5.94. The first kappa shape index (κ1) is 15.0. The standard InChI is InChI=1S/C16H13F3N2/c1-11-4-3-5-12(2)15(11)21-10-20-14-8-6-13(7-9-14)16(17,18)19/h3-9H,1-2H3. The lowest BCUT2D eigenvalue weighted by molar-refractivity contribution is -0.137.